The van der Waals surface area contributed by atoms with Crippen molar-refractivity contribution in [3.05, 3.63) is 33.9 Å². The summed E-state index contributed by atoms with van der Waals surface area (Å²) in [7, 11) is 0. The van der Waals surface area contributed by atoms with E-state index in [1.165, 1.54) is 16.4 Å². The van der Waals surface area contributed by atoms with Gasteiger partial charge in [0, 0.05) is 3.57 Å². The van der Waals surface area contributed by atoms with Gasteiger partial charge < -0.3 is 5.73 Å². The minimum atomic E-state index is 0.844. The predicted molar refractivity (Wildman–Crippen MR) is 63.1 cm³/mol. The highest BCUT2D eigenvalue weighted by Crippen LogP contribution is 1.99. The molecule has 0 aromatic heterocycles. The van der Waals surface area contributed by atoms with Gasteiger partial charge in [0.05, 0.1) is 0 Å². The van der Waals surface area contributed by atoms with Gasteiger partial charge in [-0.3, -0.25) is 0 Å². The summed E-state index contributed by atoms with van der Waals surface area (Å²) in [5.41, 5.74) is 5.14. The van der Waals surface area contributed by atoms with Crippen molar-refractivity contribution in [2.24, 2.45) is 5.73 Å². The van der Waals surface area contributed by atoms with Crippen LogP contribution in [-0.2, 0) is 0 Å². The van der Waals surface area contributed by atoms with Gasteiger partial charge in [-0.1, -0.05) is 31.5 Å². The van der Waals surface area contributed by atoms with Crippen molar-refractivity contribution in [3.8, 4) is 0 Å². The summed E-state index contributed by atoms with van der Waals surface area (Å²) in [6.07, 6.45) is 2.39. The molecule has 0 atom stereocenters. The Balaban J connectivity index is 0.000000217. The lowest BCUT2D eigenvalue weighted by molar-refractivity contribution is 0.807. The molecule has 0 aliphatic carbocycles. The molecular formula is C10H16IN. The molecule has 12 heavy (non-hydrogen) atoms. The van der Waals surface area contributed by atoms with E-state index in [1.807, 2.05) is 18.2 Å². The summed E-state index contributed by atoms with van der Waals surface area (Å²) >= 11 is 2.28. The Labute approximate surface area is 88.5 Å². The molecule has 1 aromatic rings. The van der Waals surface area contributed by atoms with Crippen LogP contribution >= 0.6 is 22.6 Å². The van der Waals surface area contributed by atoms with E-state index >= 15 is 0 Å². The Hall–Kier alpha value is -0.0900. The first-order valence-electron chi connectivity index (χ1n) is 4.22. The molecule has 0 heterocycles. The number of nitrogens with two attached hydrogens (primary N) is 1. The zero-order valence-electron chi connectivity index (χ0n) is 7.46. The van der Waals surface area contributed by atoms with Crippen LogP contribution in [0.1, 0.15) is 19.8 Å². The highest BCUT2D eigenvalue weighted by Gasteiger charge is 1.74. The second kappa shape index (κ2) is 9.00. The highest BCUT2D eigenvalue weighted by molar-refractivity contribution is 14.1. The van der Waals surface area contributed by atoms with Gasteiger partial charge in [0.1, 0.15) is 0 Å². The zero-order valence-corrected chi connectivity index (χ0v) is 9.62. The molecule has 68 valence electrons. The van der Waals surface area contributed by atoms with E-state index < -0.39 is 0 Å². The zero-order chi connectivity index (χ0) is 9.23. The van der Waals surface area contributed by atoms with E-state index in [4.69, 9.17) is 5.73 Å². The Morgan fingerprint density at radius 1 is 1.25 bits per heavy atom. The fourth-order valence-corrected chi connectivity index (χ4v) is 1.03. The first-order valence-corrected chi connectivity index (χ1v) is 5.29. The van der Waals surface area contributed by atoms with Gasteiger partial charge >= 0.3 is 0 Å². The Bertz CT molecular complexity index is 172. The first kappa shape index (κ1) is 11.9. The normalized spacial score (nSPS) is 8.58. The van der Waals surface area contributed by atoms with Crippen LogP contribution in [0.4, 0.5) is 0 Å². The minimum Gasteiger partial charge on any atom is -0.330 e. The lowest BCUT2D eigenvalue weighted by Gasteiger charge is -1.80. The molecule has 2 heteroatoms. The number of rotatable bonds is 2. The number of hydrogen-bond acceptors (Lipinski definition) is 1. The standard InChI is InChI=1S/C6H5I.C4H11N/c7-6-4-2-1-3-5-6;1-2-3-4-5/h1-5H;2-5H2,1H3. The van der Waals surface area contributed by atoms with Gasteiger partial charge in [0.25, 0.3) is 0 Å². The van der Waals surface area contributed by atoms with Crippen molar-refractivity contribution in [3.63, 3.8) is 0 Å². The quantitative estimate of drug-likeness (QED) is 0.826. The van der Waals surface area contributed by atoms with Gasteiger partial charge in [-0.2, -0.15) is 0 Å². The van der Waals surface area contributed by atoms with Crippen LogP contribution in [0.25, 0.3) is 0 Å². The molecular weight excluding hydrogens is 261 g/mol. The van der Waals surface area contributed by atoms with Crippen LogP contribution in [0.5, 0.6) is 0 Å². The van der Waals surface area contributed by atoms with Crippen LogP contribution < -0.4 is 5.73 Å². The van der Waals surface area contributed by atoms with Crippen LogP contribution in [0.3, 0.4) is 0 Å². The van der Waals surface area contributed by atoms with Crippen molar-refractivity contribution in [2.45, 2.75) is 19.8 Å². The molecule has 0 bridgehead atoms. The van der Waals surface area contributed by atoms with Gasteiger partial charge in [-0.15, -0.1) is 0 Å². The molecule has 0 radical (unpaired) electrons. The van der Waals surface area contributed by atoms with E-state index in [0.717, 1.165) is 6.54 Å². The third kappa shape index (κ3) is 8.01. The summed E-state index contributed by atoms with van der Waals surface area (Å²) < 4.78 is 1.29. The Morgan fingerprint density at radius 3 is 2.00 bits per heavy atom. The molecule has 1 rings (SSSR count). The molecule has 0 aliphatic rings. The van der Waals surface area contributed by atoms with Crippen molar-refractivity contribution in [1.82, 2.24) is 0 Å². The average Bonchev–Trinajstić information content (AvgIpc) is 2.08. The molecule has 2 N–H and O–H groups in total. The summed E-state index contributed by atoms with van der Waals surface area (Å²) in [5, 5.41) is 0. The molecule has 0 saturated heterocycles. The molecule has 0 fully saturated rings. The molecule has 0 saturated carbocycles. The maximum atomic E-state index is 5.14. The number of benzene rings is 1. The van der Waals surface area contributed by atoms with Crippen molar-refractivity contribution >= 4 is 22.6 Å². The summed E-state index contributed by atoms with van der Waals surface area (Å²) in [5.74, 6) is 0. The topological polar surface area (TPSA) is 26.0 Å². The highest BCUT2D eigenvalue weighted by atomic mass is 127. The Morgan fingerprint density at radius 2 is 1.83 bits per heavy atom. The SMILES string of the molecule is CCCCN.Ic1ccccc1. The summed E-state index contributed by atoms with van der Waals surface area (Å²) in [6.45, 7) is 2.98. The monoisotopic (exact) mass is 277 g/mol. The van der Waals surface area contributed by atoms with E-state index in [9.17, 15) is 0 Å². The van der Waals surface area contributed by atoms with Crippen LogP contribution in [0.15, 0.2) is 30.3 Å². The summed E-state index contributed by atoms with van der Waals surface area (Å²) in [6, 6.07) is 10.2. The first-order chi connectivity index (χ1) is 5.81. The van der Waals surface area contributed by atoms with Crippen LogP contribution in [0, 0.1) is 3.57 Å². The lowest BCUT2D eigenvalue weighted by atomic mass is 10.3. The third-order valence-electron chi connectivity index (χ3n) is 1.29. The second-order valence-corrected chi connectivity index (χ2v) is 3.68. The summed E-state index contributed by atoms with van der Waals surface area (Å²) in [4.78, 5) is 0. The van der Waals surface area contributed by atoms with Gasteiger partial charge in [-0.25, -0.2) is 0 Å². The van der Waals surface area contributed by atoms with Crippen molar-refractivity contribution < 1.29 is 0 Å². The van der Waals surface area contributed by atoms with Gasteiger partial charge in [-0.05, 0) is 47.7 Å². The number of halogens is 1. The molecule has 1 aromatic carbocycles. The maximum Gasteiger partial charge on any atom is 0.0130 e. The molecule has 0 aliphatic heterocycles. The van der Waals surface area contributed by atoms with E-state index in [0.29, 0.717) is 0 Å². The maximum absolute atomic E-state index is 5.14. The number of unbranched alkanes of at least 4 members (excludes halogenated alkanes) is 1. The lowest BCUT2D eigenvalue weighted by Crippen LogP contribution is -1.95. The Kier molecular flexibility index (Phi) is 8.93. The fourth-order valence-electron chi connectivity index (χ4n) is 0.619. The van der Waals surface area contributed by atoms with Crippen molar-refractivity contribution in [2.75, 3.05) is 6.54 Å². The average molecular weight is 277 g/mol. The van der Waals surface area contributed by atoms with E-state index in [-0.39, 0.29) is 0 Å². The van der Waals surface area contributed by atoms with Gasteiger partial charge in [0.2, 0.25) is 0 Å². The second-order valence-electron chi connectivity index (χ2n) is 2.44. The number of hydrogen-bond donors (Lipinski definition) is 1. The smallest absolute Gasteiger partial charge is 0.0130 e. The van der Waals surface area contributed by atoms with Crippen LogP contribution in [0.2, 0.25) is 0 Å². The fraction of sp³-hybridized carbons (Fsp3) is 0.400. The van der Waals surface area contributed by atoms with Gasteiger partial charge in [0.15, 0.2) is 0 Å². The van der Waals surface area contributed by atoms with E-state index in [2.05, 4.69) is 41.6 Å². The molecule has 0 unspecified atom stereocenters. The van der Waals surface area contributed by atoms with E-state index in [1.54, 1.807) is 0 Å². The predicted octanol–water partition coefficient (Wildman–Crippen LogP) is 3.04. The molecule has 1 nitrogen and oxygen atoms in total. The largest absolute Gasteiger partial charge is 0.330 e. The van der Waals surface area contributed by atoms with Crippen molar-refractivity contribution in [1.29, 1.82) is 0 Å². The third-order valence-corrected chi connectivity index (χ3v) is 2.01. The minimum absolute atomic E-state index is 0.844. The van der Waals surface area contributed by atoms with Crippen LogP contribution in [-0.4, -0.2) is 6.54 Å². The molecule has 0 amide bonds. The molecule has 0 spiro atoms.